The first kappa shape index (κ1) is 19.3. The minimum Gasteiger partial charge on any atom is -0.298 e. The molecule has 0 radical (unpaired) electrons. The molecule has 5 rings (SSSR count). The summed E-state index contributed by atoms with van der Waals surface area (Å²) in [5.41, 5.74) is 3.09. The van der Waals surface area contributed by atoms with Gasteiger partial charge in [0.2, 0.25) is 0 Å². The number of rotatable bonds is 2. The van der Waals surface area contributed by atoms with Crippen molar-refractivity contribution in [2.45, 2.75) is 5.25 Å². The molecule has 0 bridgehead atoms. The smallest absolute Gasteiger partial charge is 0.270 e. The van der Waals surface area contributed by atoms with E-state index < -0.39 is 11.8 Å². The van der Waals surface area contributed by atoms with Gasteiger partial charge in [-0.25, -0.2) is 0 Å². The van der Waals surface area contributed by atoms with E-state index in [0.717, 1.165) is 4.91 Å². The highest BCUT2D eigenvalue weighted by Crippen LogP contribution is 2.51. The zero-order chi connectivity index (χ0) is 20.8. The molecular weight excluding hydrogens is 436 g/mol. The van der Waals surface area contributed by atoms with E-state index in [1.54, 1.807) is 42.1 Å². The Balaban J connectivity index is 1.46. The van der Waals surface area contributed by atoms with Crippen LogP contribution < -0.4 is 10.2 Å². The molecule has 1 N–H and O–H groups in total. The van der Waals surface area contributed by atoms with Crippen LogP contribution in [0.1, 0.15) is 16.4 Å². The van der Waals surface area contributed by atoms with Crippen molar-refractivity contribution in [3.05, 3.63) is 93.4 Å². The molecule has 7 heteroatoms. The van der Waals surface area contributed by atoms with Crippen molar-refractivity contribution >= 4 is 64.3 Å². The van der Waals surface area contributed by atoms with Crippen molar-refractivity contribution in [2.75, 3.05) is 4.90 Å². The summed E-state index contributed by atoms with van der Waals surface area (Å²) in [4.78, 5) is 27.9. The maximum Gasteiger partial charge on any atom is 0.270 e. The predicted octanol–water partition coefficient (Wildman–Crippen LogP) is 5.03. The summed E-state index contributed by atoms with van der Waals surface area (Å²) < 4.78 is 0. The third-order valence-electron chi connectivity index (χ3n) is 5.24. The monoisotopic (exact) mass is 450 g/mol. The van der Waals surface area contributed by atoms with Crippen molar-refractivity contribution < 1.29 is 9.59 Å². The zero-order valence-electron chi connectivity index (χ0n) is 15.5. The van der Waals surface area contributed by atoms with Gasteiger partial charge in [0, 0.05) is 21.1 Å². The van der Waals surface area contributed by atoms with Crippen LogP contribution >= 0.6 is 35.6 Å². The van der Waals surface area contributed by atoms with Crippen molar-refractivity contribution in [3.8, 4) is 0 Å². The Bertz CT molecular complexity index is 1180. The molecular formula is C23H15ClN2O2S2. The van der Waals surface area contributed by atoms with Crippen molar-refractivity contribution in [1.29, 1.82) is 0 Å². The number of hydrogen-bond acceptors (Lipinski definition) is 4. The molecule has 2 heterocycles. The van der Waals surface area contributed by atoms with Gasteiger partial charge in [-0.2, -0.15) is 0 Å². The molecule has 2 atom stereocenters. The third kappa shape index (κ3) is 3.31. The number of allylic oxidation sites excluding steroid dienone is 3. The largest absolute Gasteiger partial charge is 0.298 e. The van der Waals surface area contributed by atoms with Gasteiger partial charge < -0.3 is 0 Å². The van der Waals surface area contributed by atoms with Crippen molar-refractivity contribution in [2.24, 2.45) is 5.92 Å². The number of halogens is 1. The summed E-state index contributed by atoms with van der Waals surface area (Å²) in [5, 5.41) is 3.48. The van der Waals surface area contributed by atoms with E-state index in [-0.39, 0.29) is 21.9 Å². The van der Waals surface area contributed by atoms with E-state index in [1.165, 1.54) is 16.0 Å². The van der Waals surface area contributed by atoms with Crippen LogP contribution in [0.4, 0.5) is 5.69 Å². The normalized spacial score (nSPS) is 23.9. The molecule has 4 nitrogen and oxygen atoms in total. The maximum atomic E-state index is 13.2. The lowest BCUT2D eigenvalue weighted by Crippen LogP contribution is -2.54. The first-order chi connectivity index (χ1) is 14.5. The Labute approximate surface area is 188 Å². The fourth-order valence-corrected chi connectivity index (χ4v) is 5.60. The minimum absolute atomic E-state index is 0.0584. The molecule has 2 aromatic rings. The highest BCUT2D eigenvalue weighted by molar-refractivity contribution is 8.03. The number of nitrogens with zero attached hydrogens (tertiary/aromatic N) is 1. The minimum atomic E-state index is -0.484. The van der Waals surface area contributed by atoms with Gasteiger partial charge >= 0.3 is 0 Å². The summed E-state index contributed by atoms with van der Waals surface area (Å²) in [5.74, 6) is -0.701. The molecule has 1 saturated heterocycles. The second-order valence-electron chi connectivity index (χ2n) is 7.11. The van der Waals surface area contributed by atoms with Crippen LogP contribution in [0, 0.1) is 5.92 Å². The molecule has 148 valence electrons. The molecule has 0 aromatic heterocycles. The lowest BCUT2D eigenvalue weighted by molar-refractivity contribution is -0.122. The number of thiocarbonyl (C=S) groups is 1. The quantitative estimate of drug-likeness (QED) is 0.396. The number of fused-ring (bicyclic) bond motifs is 3. The van der Waals surface area contributed by atoms with Gasteiger partial charge in [-0.3, -0.25) is 19.8 Å². The lowest BCUT2D eigenvalue weighted by atomic mass is 9.89. The van der Waals surface area contributed by atoms with Gasteiger partial charge in [0.25, 0.3) is 11.8 Å². The Morgan fingerprint density at radius 2 is 1.87 bits per heavy atom. The highest BCUT2D eigenvalue weighted by Gasteiger charge is 2.36. The second kappa shape index (κ2) is 7.54. The van der Waals surface area contributed by atoms with Gasteiger partial charge in [-0.1, -0.05) is 54.1 Å². The Kier molecular flexibility index (Phi) is 4.85. The van der Waals surface area contributed by atoms with Gasteiger partial charge in [0.05, 0.1) is 5.69 Å². The molecule has 0 saturated carbocycles. The number of thioether (sulfide) groups is 1. The zero-order valence-corrected chi connectivity index (χ0v) is 17.9. The number of amides is 2. The predicted molar refractivity (Wildman–Crippen MR) is 125 cm³/mol. The van der Waals surface area contributed by atoms with Crippen LogP contribution in [0.15, 0.2) is 77.2 Å². The van der Waals surface area contributed by atoms with Crippen LogP contribution in [0.5, 0.6) is 0 Å². The van der Waals surface area contributed by atoms with Crippen LogP contribution in [0.25, 0.3) is 6.08 Å². The summed E-state index contributed by atoms with van der Waals surface area (Å²) >= 11 is 12.9. The average Bonchev–Trinajstić information content (AvgIpc) is 3.16. The molecule has 2 unspecified atom stereocenters. The van der Waals surface area contributed by atoms with Crippen LogP contribution in [-0.2, 0) is 9.59 Å². The van der Waals surface area contributed by atoms with Crippen LogP contribution in [0.3, 0.4) is 0 Å². The SMILES string of the molecule is O=C1NC(=S)N(c2ccc(Cl)cc2)C(=O)C1=CC1=CC2C=Cc3ccccc3C2S1. The van der Waals surface area contributed by atoms with Gasteiger partial charge in [-0.05, 0) is 53.7 Å². The topological polar surface area (TPSA) is 49.4 Å². The third-order valence-corrected chi connectivity index (χ3v) is 7.13. The molecule has 1 aliphatic carbocycles. The number of anilines is 1. The van der Waals surface area contributed by atoms with Crippen LogP contribution in [0.2, 0.25) is 5.02 Å². The summed E-state index contributed by atoms with van der Waals surface area (Å²) in [6.07, 6.45) is 8.07. The number of benzene rings is 2. The second-order valence-corrected chi connectivity index (χ2v) is 9.15. The first-order valence-electron chi connectivity index (χ1n) is 9.34. The Morgan fingerprint density at radius 1 is 1.10 bits per heavy atom. The molecule has 2 aromatic carbocycles. The van der Waals surface area contributed by atoms with E-state index >= 15 is 0 Å². The summed E-state index contributed by atoms with van der Waals surface area (Å²) in [6.45, 7) is 0. The Hall–Kier alpha value is -2.67. The molecule has 30 heavy (non-hydrogen) atoms. The average molecular weight is 451 g/mol. The van der Waals surface area contributed by atoms with Crippen LogP contribution in [-0.4, -0.2) is 16.9 Å². The number of nitrogens with one attached hydrogen (secondary N) is 1. The fraction of sp³-hybridized carbons (Fsp3) is 0.0870. The Morgan fingerprint density at radius 3 is 2.67 bits per heavy atom. The molecule has 3 aliphatic rings. The number of hydrogen-bond donors (Lipinski definition) is 1. The van der Waals surface area contributed by atoms with Gasteiger partial charge in [-0.15, -0.1) is 11.8 Å². The molecule has 1 fully saturated rings. The van der Waals surface area contributed by atoms with E-state index in [4.69, 9.17) is 23.8 Å². The van der Waals surface area contributed by atoms with E-state index in [1.807, 2.05) is 12.1 Å². The molecule has 2 aliphatic heterocycles. The summed E-state index contributed by atoms with van der Waals surface area (Å²) in [6, 6.07) is 15.0. The fourth-order valence-electron chi connectivity index (χ4n) is 3.81. The van der Waals surface area contributed by atoms with Gasteiger partial charge in [0.15, 0.2) is 5.11 Å². The lowest BCUT2D eigenvalue weighted by Gasteiger charge is -2.29. The maximum absolute atomic E-state index is 13.2. The number of carbonyl (C=O) groups excluding carboxylic acids is 2. The molecule has 0 spiro atoms. The van der Waals surface area contributed by atoms with Crippen molar-refractivity contribution in [3.63, 3.8) is 0 Å². The first-order valence-corrected chi connectivity index (χ1v) is 11.0. The van der Waals surface area contributed by atoms with E-state index in [9.17, 15) is 9.59 Å². The highest BCUT2D eigenvalue weighted by atomic mass is 35.5. The standard InChI is InChI=1S/C23H15ClN2O2S2/c24-15-7-9-16(10-8-15)26-22(28)19(21(27)25-23(26)29)12-17-11-14-6-5-13-3-1-2-4-18(13)20(14)30-17/h1-12,14,20H,(H,25,27,29). The van der Waals surface area contributed by atoms with E-state index in [2.05, 4.69) is 35.7 Å². The van der Waals surface area contributed by atoms with Gasteiger partial charge in [0.1, 0.15) is 5.57 Å². The van der Waals surface area contributed by atoms with Crippen molar-refractivity contribution in [1.82, 2.24) is 5.32 Å². The van der Waals surface area contributed by atoms with E-state index in [0.29, 0.717) is 10.7 Å². The summed E-state index contributed by atoms with van der Waals surface area (Å²) in [7, 11) is 0. The molecule has 2 amide bonds. The number of carbonyl (C=O) groups is 2.